The molecule has 1 atom stereocenters. The fourth-order valence-corrected chi connectivity index (χ4v) is 1.31. The summed E-state index contributed by atoms with van der Waals surface area (Å²) in [5.41, 5.74) is -0.777. The molecule has 102 valence electrons. The van der Waals surface area contributed by atoms with Crippen LogP contribution in [0, 0.1) is 10.1 Å². The number of hydrogen-bond acceptors (Lipinski definition) is 6. The van der Waals surface area contributed by atoms with Crippen LogP contribution in [-0.4, -0.2) is 35.2 Å². The Hall–Kier alpha value is -2.64. The summed E-state index contributed by atoms with van der Waals surface area (Å²) in [5, 5.41) is 19.5. The van der Waals surface area contributed by atoms with Crippen molar-refractivity contribution in [3.8, 4) is 5.75 Å². The van der Waals surface area contributed by atoms with Gasteiger partial charge in [0, 0.05) is 12.1 Å². The highest BCUT2D eigenvalue weighted by Crippen LogP contribution is 2.25. The number of rotatable bonds is 5. The maximum atomic E-state index is 11.2. The molecule has 1 aromatic carbocycles. The van der Waals surface area contributed by atoms with Gasteiger partial charge in [-0.3, -0.25) is 10.1 Å². The van der Waals surface area contributed by atoms with Gasteiger partial charge in [0.2, 0.25) is 0 Å². The number of aromatic carboxylic acids is 1. The van der Waals surface area contributed by atoms with Crippen LogP contribution >= 0.6 is 0 Å². The third-order valence-electron chi connectivity index (χ3n) is 2.24. The van der Waals surface area contributed by atoms with E-state index in [1.807, 2.05) is 0 Å². The van der Waals surface area contributed by atoms with E-state index in [-0.39, 0.29) is 11.4 Å². The molecular formula is C11H11NO7. The number of nitrogens with zero attached hydrogens (tertiary/aromatic N) is 1. The van der Waals surface area contributed by atoms with Gasteiger partial charge in [-0.2, -0.15) is 0 Å². The maximum absolute atomic E-state index is 11.2. The Morgan fingerprint density at radius 3 is 2.53 bits per heavy atom. The highest BCUT2D eigenvalue weighted by Gasteiger charge is 2.21. The van der Waals surface area contributed by atoms with Crippen molar-refractivity contribution in [2.75, 3.05) is 7.11 Å². The van der Waals surface area contributed by atoms with E-state index in [0.717, 1.165) is 25.3 Å². The van der Waals surface area contributed by atoms with Crippen molar-refractivity contribution < 1.29 is 29.1 Å². The summed E-state index contributed by atoms with van der Waals surface area (Å²) in [6, 6.07) is 3.08. The van der Waals surface area contributed by atoms with Crippen molar-refractivity contribution in [2.45, 2.75) is 13.0 Å². The second kappa shape index (κ2) is 5.80. The van der Waals surface area contributed by atoms with Crippen molar-refractivity contribution in [3.63, 3.8) is 0 Å². The number of esters is 1. The molecule has 0 aliphatic carbocycles. The van der Waals surface area contributed by atoms with Gasteiger partial charge in [-0.05, 0) is 13.0 Å². The molecule has 1 aromatic rings. The molecule has 19 heavy (non-hydrogen) atoms. The molecular weight excluding hydrogens is 258 g/mol. The van der Waals surface area contributed by atoms with Crippen LogP contribution in [0.25, 0.3) is 0 Å². The van der Waals surface area contributed by atoms with E-state index in [2.05, 4.69) is 4.74 Å². The standard InChI is InChI=1S/C11H11NO7/c1-6(11(15)18-2)19-9-4-3-7(12(16)17)5-8(9)10(13)14/h3-6H,1-2H3,(H,13,14). The molecule has 1 unspecified atom stereocenters. The Kier molecular flexibility index (Phi) is 4.41. The molecule has 0 aliphatic rings. The lowest BCUT2D eigenvalue weighted by molar-refractivity contribution is -0.384. The quantitative estimate of drug-likeness (QED) is 0.485. The Balaban J connectivity index is 3.10. The first-order valence-corrected chi connectivity index (χ1v) is 5.13. The second-order valence-corrected chi connectivity index (χ2v) is 3.53. The van der Waals surface area contributed by atoms with Crippen LogP contribution in [0.1, 0.15) is 17.3 Å². The first-order chi connectivity index (χ1) is 8.86. The second-order valence-electron chi connectivity index (χ2n) is 3.53. The van der Waals surface area contributed by atoms with Gasteiger partial charge in [-0.1, -0.05) is 0 Å². The zero-order chi connectivity index (χ0) is 14.6. The fraction of sp³-hybridized carbons (Fsp3) is 0.273. The van der Waals surface area contributed by atoms with E-state index >= 15 is 0 Å². The summed E-state index contributed by atoms with van der Waals surface area (Å²) in [6.45, 7) is 1.37. The van der Waals surface area contributed by atoms with Crippen molar-refractivity contribution in [2.24, 2.45) is 0 Å². The smallest absolute Gasteiger partial charge is 0.346 e. The minimum Gasteiger partial charge on any atom is -0.478 e. The van der Waals surface area contributed by atoms with Gasteiger partial charge in [0.1, 0.15) is 11.3 Å². The van der Waals surface area contributed by atoms with Crippen molar-refractivity contribution in [1.82, 2.24) is 0 Å². The normalized spacial score (nSPS) is 11.5. The van der Waals surface area contributed by atoms with Crippen molar-refractivity contribution in [1.29, 1.82) is 0 Å². The van der Waals surface area contributed by atoms with Crippen LogP contribution in [0.2, 0.25) is 0 Å². The molecule has 1 N–H and O–H groups in total. The molecule has 0 bridgehead atoms. The number of carboxylic acids is 1. The van der Waals surface area contributed by atoms with Crippen LogP contribution in [-0.2, 0) is 9.53 Å². The van der Waals surface area contributed by atoms with E-state index in [0.29, 0.717) is 0 Å². The summed E-state index contributed by atoms with van der Waals surface area (Å²) in [5.74, 6) is -2.22. The number of nitro benzene ring substituents is 1. The summed E-state index contributed by atoms with van der Waals surface area (Å²) >= 11 is 0. The number of methoxy groups -OCH3 is 1. The van der Waals surface area contributed by atoms with Crippen LogP contribution in [0.5, 0.6) is 5.75 Å². The molecule has 1 rings (SSSR count). The molecule has 0 aromatic heterocycles. The van der Waals surface area contributed by atoms with Gasteiger partial charge in [0.05, 0.1) is 12.0 Å². The van der Waals surface area contributed by atoms with Gasteiger partial charge in [0.25, 0.3) is 5.69 Å². The molecule has 0 aliphatic heterocycles. The molecule has 8 heteroatoms. The predicted octanol–water partition coefficient (Wildman–Crippen LogP) is 1.23. The fourth-order valence-electron chi connectivity index (χ4n) is 1.31. The molecule has 0 saturated heterocycles. The highest BCUT2D eigenvalue weighted by molar-refractivity contribution is 5.92. The number of benzene rings is 1. The molecule has 0 heterocycles. The monoisotopic (exact) mass is 269 g/mol. The lowest BCUT2D eigenvalue weighted by Crippen LogP contribution is -2.25. The van der Waals surface area contributed by atoms with E-state index in [1.165, 1.54) is 6.92 Å². The number of non-ortho nitro benzene ring substituents is 1. The number of carbonyl (C=O) groups is 2. The van der Waals surface area contributed by atoms with Gasteiger partial charge in [0.15, 0.2) is 6.10 Å². The third-order valence-corrected chi connectivity index (χ3v) is 2.24. The predicted molar refractivity (Wildman–Crippen MR) is 62.2 cm³/mol. The zero-order valence-electron chi connectivity index (χ0n) is 10.2. The van der Waals surface area contributed by atoms with Crippen LogP contribution in [0.3, 0.4) is 0 Å². The molecule has 8 nitrogen and oxygen atoms in total. The van der Waals surface area contributed by atoms with Crippen LogP contribution in [0.4, 0.5) is 5.69 Å². The van der Waals surface area contributed by atoms with Gasteiger partial charge < -0.3 is 14.6 Å². The third kappa shape index (κ3) is 3.41. The average Bonchev–Trinajstić information content (AvgIpc) is 2.37. The van der Waals surface area contributed by atoms with E-state index in [9.17, 15) is 19.7 Å². The number of nitro groups is 1. The van der Waals surface area contributed by atoms with Gasteiger partial charge in [-0.25, -0.2) is 9.59 Å². The largest absolute Gasteiger partial charge is 0.478 e. The molecule has 0 fully saturated rings. The lowest BCUT2D eigenvalue weighted by Gasteiger charge is -2.13. The first kappa shape index (κ1) is 14.4. The van der Waals surface area contributed by atoms with Gasteiger partial charge in [-0.15, -0.1) is 0 Å². The molecule has 0 saturated carbocycles. The number of carbonyl (C=O) groups excluding carboxylic acids is 1. The van der Waals surface area contributed by atoms with E-state index in [1.54, 1.807) is 0 Å². The zero-order valence-corrected chi connectivity index (χ0v) is 10.2. The topological polar surface area (TPSA) is 116 Å². The van der Waals surface area contributed by atoms with Crippen molar-refractivity contribution in [3.05, 3.63) is 33.9 Å². The SMILES string of the molecule is COC(=O)C(C)Oc1ccc([N+](=O)[O-])cc1C(=O)O. The number of ether oxygens (including phenoxy) is 2. The van der Waals surface area contributed by atoms with E-state index < -0.39 is 28.5 Å². The summed E-state index contributed by atoms with van der Waals surface area (Å²) in [6.07, 6.45) is -1.02. The first-order valence-electron chi connectivity index (χ1n) is 5.13. The Bertz CT molecular complexity index is 526. The minimum absolute atomic E-state index is 0.143. The molecule has 0 amide bonds. The highest BCUT2D eigenvalue weighted by atomic mass is 16.6. The Labute approximate surface area is 107 Å². The minimum atomic E-state index is -1.39. The molecule has 0 radical (unpaired) electrons. The van der Waals surface area contributed by atoms with Gasteiger partial charge >= 0.3 is 11.9 Å². The van der Waals surface area contributed by atoms with Crippen LogP contribution in [0.15, 0.2) is 18.2 Å². The summed E-state index contributed by atoms with van der Waals surface area (Å²) < 4.78 is 9.54. The number of hydrogen-bond donors (Lipinski definition) is 1. The Morgan fingerprint density at radius 2 is 2.05 bits per heavy atom. The number of carboxylic acid groups (broad SMARTS) is 1. The lowest BCUT2D eigenvalue weighted by atomic mass is 10.2. The maximum Gasteiger partial charge on any atom is 0.346 e. The average molecular weight is 269 g/mol. The van der Waals surface area contributed by atoms with Crippen molar-refractivity contribution >= 4 is 17.6 Å². The van der Waals surface area contributed by atoms with E-state index in [4.69, 9.17) is 9.84 Å². The summed E-state index contributed by atoms with van der Waals surface area (Å²) in [4.78, 5) is 32.0. The molecule has 0 spiro atoms. The summed E-state index contributed by atoms with van der Waals surface area (Å²) in [7, 11) is 1.16. The van der Waals surface area contributed by atoms with Crippen LogP contribution < -0.4 is 4.74 Å². The Morgan fingerprint density at radius 1 is 1.42 bits per heavy atom.